The number of rotatable bonds is 2. The summed E-state index contributed by atoms with van der Waals surface area (Å²) in [5.41, 5.74) is 0.989. The molecule has 4 nitrogen and oxygen atoms in total. The van der Waals surface area contributed by atoms with E-state index in [4.69, 9.17) is 0 Å². The summed E-state index contributed by atoms with van der Waals surface area (Å²) in [6.45, 7) is 5.84. The number of benzene rings is 1. The van der Waals surface area contributed by atoms with Crippen molar-refractivity contribution in [3.8, 4) is 0 Å². The summed E-state index contributed by atoms with van der Waals surface area (Å²) < 4.78 is 25.7. The Balaban J connectivity index is 2.38. The van der Waals surface area contributed by atoms with E-state index in [0.717, 1.165) is 9.87 Å². The molecule has 0 spiro atoms. The quantitative estimate of drug-likeness (QED) is 0.821. The van der Waals surface area contributed by atoms with Gasteiger partial charge in [-0.05, 0) is 25.0 Å². The van der Waals surface area contributed by atoms with E-state index >= 15 is 0 Å². The molecule has 18 heavy (non-hydrogen) atoms. The molecular formula is C13H17NO3S. The van der Waals surface area contributed by atoms with Crippen molar-refractivity contribution in [3.05, 3.63) is 29.8 Å². The van der Waals surface area contributed by atoms with Crippen LogP contribution in [0, 0.1) is 18.8 Å². The van der Waals surface area contributed by atoms with Crippen molar-refractivity contribution in [3.63, 3.8) is 0 Å². The Hall–Kier alpha value is -1.36. The van der Waals surface area contributed by atoms with E-state index in [9.17, 15) is 13.2 Å². The van der Waals surface area contributed by atoms with Gasteiger partial charge in [0.1, 0.15) is 0 Å². The molecule has 1 fully saturated rings. The molecule has 1 aromatic carbocycles. The zero-order chi connectivity index (χ0) is 13.5. The fourth-order valence-electron chi connectivity index (χ4n) is 2.03. The summed E-state index contributed by atoms with van der Waals surface area (Å²) in [6, 6.07) is 6.57. The first-order chi connectivity index (χ1) is 8.34. The SMILES string of the molecule is Cc1ccc(S(=O)(=O)N2C[C@H](C)[C@@H](C)C2=O)cc1. The lowest BCUT2D eigenvalue weighted by molar-refractivity contribution is -0.126. The van der Waals surface area contributed by atoms with Crippen LogP contribution in [0.15, 0.2) is 29.2 Å². The molecule has 1 amide bonds. The summed E-state index contributed by atoms with van der Waals surface area (Å²) in [7, 11) is -3.69. The van der Waals surface area contributed by atoms with Crippen molar-refractivity contribution >= 4 is 15.9 Å². The summed E-state index contributed by atoms with van der Waals surface area (Å²) in [4.78, 5) is 12.1. The molecule has 0 aromatic heterocycles. The highest BCUT2D eigenvalue weighted by Gasteiger charge is 2.41. The lowest BCUT2D eigenvalue weighted by Gasteiger charge is -2.16. The zero-order valence-electron chi connectivity index (χ0n) is 10.8. The molecule has 1 aliphatic heterocycles. The Morgan fingerprint density at radius 1 is 1.17 bits per heavy atom. The lowest BCUT2D eigenvalue weighted by Crippen LogP contribution is -2.33. The molecule has 0 bridgehead atoms. The molecule has 0 aliphatic carbocycles. The van der Waals surface area contributed by atoms with Gasteiger partial charge < -0.3 is 0 Å². The van der Waals surface area contributed by atoms with Crippen molar-refractivity contribution in [2.75, 3.05) is 6.54 Å². The standard InChI is InChI=1S/C13H17NO3S/c1-9-4-6-12(7-5-9)18(16,17)14-8-10(2)11(3)13(14)15/h4-7,10-11H,8H2,1-3H3/t10-,11+/m0/s1. The van der Waals surface area contributed by atoms with Crippen LogP contribution in [0.2, 0.25) is 0 Å². The Morgan fingerprint density at radius 3 is 2.17 bits per heavy atom. The third-order valence-corrected chi connectivity index (χ3v) is 5.33. The van der Waals surface area contributed by atoms with E-state index in [0.29, 0.717) is 0 Å². The van der Waals surface area contributed by atoms with E-state index in [1.807, 2.05) is 13.8 Å². The number of hydrogen-bond donors (Lipinski definition) is 0. The third-order valence-electron chi connectivity index (χ3n) is 3.55. The maximum absolute atomic E-state index is 12.4. The average molecular weight is 267 g/mol. The van der Waals surface area contributed by atoms with Crippen LogP contribution in [0.1, 0.15) is 19.4 Å². The molecule has 98 valence electrons. The molecule has 1 heterocycles. The lowest BCUT2D eigenvalue weighted by atomic mass is 10.0. The second-order valence-electron chi connectivity index (χ2n) is 4.95. The van der Waals surface area contributed by atoms with Gasteiger partial charge in [-0.25, -0.2) is 12.7 Å². The van der Waals surface area contributed by atoms with Crippen molar-refractivity contribution in [1.82, 2.24) is 4.31 Å². The molecule has 1 aliphatic rings. The Morgan fingerprint density at radius 2 is 1.72 bits per heavy atom. The summed E-state index contributed by atoms with van der Waals surface area (Å²) in [5, 5.41) is 0. The van der Waals surface area contributed by atoms with Crippen LogP contribution >= 0.6 is 0 Å². The molecule has 5 heteroatoms. The van der Waals surface area contributed by atoms with E-state index in [2.05, 4.69) is 0 Å². The van der Waals surface area contributed by atoms with Crippen molar-refractivity contribution in [2.24, 2.45) is 11.8 Å². The van der Waals surface area contributed by atoms with Crippen molar-refractivity contribution < 1.29 is 13.2 Å². The van der Waals surface area contributed by atoms with Gasteiger partial charge in [-0.3, -0.25) is 4.79 Å². The second-order valence-corrected chi connectivity index (χ2v) is 6.82. The molecule has 0 saturated carbocycles. The van der Waals surface area contributed by atoms with E-state index in [1.54, 1.807) is 31.2 Å². The molecule has 2 rings (SSSR count). The number of sulfonamides is 1. The van der Waals surface area contributed by atoms with Crippen LogP contribution in [-0.4, -0.2) is 25.2 Å². The first kappa shape index (κ1) is 13.1. The van der Waals surface area contributed by atoms with Gasteiger partial charge in [-0.2, -0.15) is 0 Å². The highest BCUT2D eigenvalue weighted by atomic mass is 32.2. The van der Waals surface area contributed by atoms with Crippen LogP contribution < -0.4 is 0 Å². The minimum atomic E-state index is -3.69. The van der Waals surface area contributed by atoms with Crippen molar-refractivity contribution in [2.45, 2.75) is 25.7 Å². The molecule has 0 unspecified atom stereocenters. The molecule has 0 N–H and O–H groups in total. The Bertz CT molecular complexity index is 562. The smallest absolute Gasteiger partial charge is 0.266 e. The van der Waals surface area contributed by atoms with Crippen LogP contribution in [0.4, 0.5) is 0 Å². The van der Waals surface area contributed by atoms with E-state index in [-0.39, 0.29) is 29.2 Å². The predicted molar refractivity (Wildman–Crippen MR) is 68.4 cm³/mol. The summed E-state index contributed by atoms with van der Waals surface area (Å²) in [6.07, 6.45) is 0. The molecule has 0 radical (unpaired) electrons. The van der Waals surface area contributed by atoms with Gasteiger partial charge in [-0.1, -0.05) is 31.5 Å². The van der Waals surface area contributed by atoms with Gasteiger partial charge in [0.25, 0.3) is 10.0 Å². The number of hydrogen-bond acceptors (Lipinski definition) is 3. The van der Waals surface area contributed by atoms with Gasteiger partial charge in [0.15, 0.2) is 0 Å². The molecular weight excluding hydrogens is 250 g/mol. The van der Waals surface area contributed by atoms with Gasteiger partial charge in [-0.15, -0.1) is 0 Å². The van der Waals surface area contributed by atoms with Gasteiger partial charge in [0, 0.05) is 12.5 Å². The molecule has 2 atom stereocenters. The second kappa shape index (κ2) is 4.39. The fraction of sp³-hybridized carbons (Fsp3) is 0.462. The average Bonchev–Trinajstić information content (AvgIpc) is 2.58. The van der Waals surface area contributed by atoms with Crippen molar-refractivity contribution in [1.29, 1.82) is 0 Å². The highest BCUT2D eigenvalue weighted by molar-refractivity contribution is 7.89. The number of aryl methyl sites for hydroxylation is 1. The summed E-state index contributed by atoms with van der Waals surface area (Å²) >= 11 is 0. The largest absolute Gasteiger partial charge is 0.273 e. The normalized spacial score (nSPS) is 24.6. The number of nitrogens with zero attached hydrogens (tertiary/aromatic N) is 1. The topological polar surface area (TPSA) is 54.5 Å². The van der Waals surface area contributed by atoms with Crippen LogP contribution in [0.3, 0.4) is 0 Å². The minimum absolute atomic E-state index is 0.0673. The monoisotopic (exact) mass is 267 g/mol. The van der Waals surface area contributed by atoms with E-state index < -0.39 is 10.0 Å². The van der Waals surface area contributed by atoms with Gasteiger partial charge in [0.2, 0.25) is 5.91 Å². The Labute approximate surface area is 108 Å². The number of amides is 1. The van der Waals surface area contributed by atoms with E-state index in [1.165, 1.54) is 0 Å². The number of carbonyl (C=O) groups is 1. The highest BCUT2D eigenvalue weighted by Crippen LogP contribution is 2.29. The maximum Gasteiger partial charge on any atom is 0.266 e. The summed E-state index contributed by atoms with van der Waals surface area (Å²) in [5.74, 6) is -0.467. The number of carbonyl (C=O) groups excluding carboxylic acids is 1. The minimum Gasteiger partial charge on any atom is -0.273 e. The fourth-order valence-corrected chi connectivity index (χ4v) is 3.60. The first-order valence-electron chi connectivity index (χ1n) is 5.97. The van der Waals surface area contributed by atoms with Crippen LogP contribution in [-0.2, 0) is 14.8 Å². The van der Waals surface area contributed by atoms with Gasteiger partial charge in [0.05, 0.1) is 4.90 Å². The maximum atomic E-state index is 12.4. The van der Waals surface area contributed by atoms with Crippen LogP contribution in [0.25, 0.3) is 0 Å². The zero-order valence-corrected chi connectivity index (χ0v) is 11.6. The third kappa shape index (κ3) is 2.03. The predicted octanol–water partition coefficient (Wildman–Crippen LogP) is 1.80. The van der Waals surface area contributed by atoms with Crippen LogP contribution in [0.5, 0.6) is 0 Å². The first-order valence-corrected chi connectivity index (χ1v) is 7.41. The molecule has 1 saturated heterocycles. The Kier molecular flexibility index (Phi) is 3.19. The van der Waals surface area contributed by atoms with Gasteiger partial charge >= 0.3 is 0 Å². The molecule has 1 aromatic rings.